The molecule has 0 atom stereocenters. The quantitative estimate of drug-likeness (QED) is 0.239. The smallest absolute Gasteiger partial charge is 0.269 e. The number of non-ortho nitro benzene ring substituents is 3. The van der Waals surface area contributed by atoms with Crippen LogP contribution in [0.1, 0.15) is 18.9 Å². The predicted octanol–water partition coefficient (Wildman–Crippen LogP) is 3.98. The van der Waals surface area contributed by atoms with Crippen LogP contribution in [-0.2, 0) is 0 Å². The number of rotatable bonds is 10. The van der Waals surface area contributed by atoms with Crippen LogP contribution < -0.4 is 10.9 Å². The second-order valence-electron chi connectivity index (χ2n) is 8.68. The summed E-state index contributed by atoms with van der Waals surface area (Å²) in [4.78, 5) is 34.3. The lowest BCUT2D eigenvalue weighted by Gasteiger charge is -2.23. The van der Waals surface area contributed by atoms with Crippen LogP contribution in [0.25, 0.3) is 5.47 Å². The summed E-state index contributed by atoms with van der Waals surface area (Å²) in [6.45, 7) is 2.33. The summed E-state index contributed by atoms with van der Waals surface area (Å²) in [6.07, 6.45) is 0.704. The zero-order valence-electron chi connectivity index (χ0n) is 20.2. The minimum Gasteiger partial charge on any atom is -0.309 e. The Balaban J connectivity index is 2.25. The van der Waals surface area contributed by atoms with Gasteiger partial charge in [0.05, 0.1) is 14.8 Å². The molecule has 3 aromatic carbocycles. The Morgan fingerprint density at radius 2 is 1.06 bits per heavy atom. The average Bonchev–Trinajstić information content (AvgIpc) is 2.86. The number of nitrogens with zero attached hydrogens (tertiary/aromatic N) is 4. The Kier molecular flexibility index (Phi) is 8.28. The normalized spacial score (nSPS) is 11.7. The van der Waals surface area contributed by atoms with Gasteiger partial charge in [-0.3, -0.25) is 30.3 Å². The molecule has 0 saturated carbocycles. The highest BCUT2D eigenvalue weighted by Gasteiger charge is 2.28. The van der Waals surface area contributed by atoms with E-state index in [4.69, 9.17) is 0 Å². The maximum absolute atomic E-state index is 11.2. The molecule has 0 aromatic heterocycles. The van der Waals surface area contributed by atoms with E-state index in [9.17, 15) is 30.3 Å². The van der Waals surface area contributed by atoms with Crippen molar-refractivity contribution in [3.05, 3.63) is 114 Å². The molecular formula is C25H25BN4O6. The highest BCUT2D eigenvalue weighted by atomic mass is 16.6. The summed E-state index contributed by atoms with van der Waals surface area (Å²) in [5, 5.41) is 33.7. The fraction of sp³-hybridized carbons (Fsp3) is 0.200. The Morgan fingerprint density at radius 1 is 0.694 bits per heavy atom. The summed E-state index contributed by atoms with van der Waals surface area (Å²) < 4.78 is 0. The molecule has 10 nitrogen and oxygen atoms in total. The summed E-state index contributed by atoms with van der Waals surface area (Å²) in [7, 11) is 3.92. The molecular weight excluding hydrogens is 463 g/mol. The molecule has 0 spiro atoms. The lowest BCUT2D eigenvalue weighted by Crippen LogP contribution is -2.44. The Bertz CT molecular complexity index is 1230. The van der Waals surface area contributed by atoms with Gasteiger partial charge in [-0.05, 0) is 45.1 Å². The van der Waals surface area contributed by atoms with Gasteiger partial charge in [-0.15, -0.1) is 0 Å². The predicted molar refractivity (Wildman–Crippen MR) is 140 cm³/mol. The standard InChI is InChI=1S/C25H25BN4O6/c1-18(16-17-27(2)3)25(19-4-10-22(11-5-19)28(31)32)26(20-6-12-23(13-7-20)29(33)34)21-8-14-24(15-9-21)30(35)36/h4-15H,16-17H2,1-3H3/b25-18-. The number of nitro benzene ring substituents is 3. The number of hydrogen-bond acceptors (Lipinski definition) is 7. The third-order valence-electron chi connectivity index (χ3n) is 5.95. The second kappa shape index (κ2) is 11.4. The van der Waals surface area contributed by atoms with Crippen molar-refractivity contribution in [1.29, 1.82) is 0 Å². The van der Waals surface area contributed by atoms with Crippen molar-refractivity contribution in [1.82, 2.24) is 4.90 Å². The van der Waals surface area contributed by atoms with Crippen molar-refractivity contribution in [2.45, 2.75) is 13.3 Å². The van der Waals surface area contributed by atoms with E-state index in [0.717, 1.165) is 34.1 Å². The van der Waals surface area contributed by atoms with Crippen LogP contribution in [-0.4, -0.2) is 47.0 Å². The van der Waals surface area contributed by atoms with Crippen molar-refractivity contribution in [3.63, 3.8) is 0 Å². The zero-order chi connectivity index (χ0) is 26.4. The first kappa shape index (κ1) is 26.2. The largest absolute Gasteiger partial charge is 0.309 e. The van der Waals surface area contributed by atoms with E-state index in [1.54, 1.807) is 36.4 Å². The fourth-order valence-electron chi connectivity index (χ4n) is 4.05. The van der Waals surface area contributed by atoms with Crippen molar-refractivity contribution in [2.24, 2.45) is 0 Å². The zero-order valence-corrected chi connectivity index (χ0v) is 20.2. The second-order valence-corrected chi connectivity index (χ2v) is 8.68. The van der Waals surface area contributed by atoms with Gasteiger partial charge in [-0.1, -0.05) is 46.2 Å². The molecule has 0 radical (unpaired) electrons. The van der Waals surface area contributed by atoms with Crippen molar-refractivity contribution < 1.29 is 14.8 Å². The lowest BCUT2D eigenvalue weighted by molar-refractivity contribution is -0.385. The third kappa shape index (κ3) is 6.19. The molecule has 0 aliphatic rings. The summed E-state index contributed by atoms with van der Waals surface area (Å²) in [5.74, 6) is 0. The third-order valence-corrected chi connectivity index (χ3v) is 5.95. The van der Waals surface area contributed by atoms with E-state index in [-0.39, 0.29) is 17.1 Å². The molecule has 0 unspecified atom stereocenters. The molecule has 0 aliphatic carbocycles. The highest BCUT2D eigenvalue weighted by Crippen LogP contribution is 2.27. The van der Waals surface area contributed by atoms with Crippen LogP contribution in [0.3, 0.4) is 0 Å². The summed E-state index contributed by atoms with van der Waals surface area (Å²) >= 11 is 0. The molecule has 0 fully saturated rings. The minimum atomic E-state index is -0.472. The molecule has 36 heavy (non-hydrogen) atoms. The van der Waals surface area contributed by atoms with Gasteiger partial charge in [0.15, 0.2) is 0 Å². The Hall–Kier alpha value is -4.38. The minimum absolute atomic E-state index is 0.0359. The molecule has 3 rings (SSSR count). The number of hydrogen-bond donors (Lipinski definition) is 0. The Morgan fingerprint density at radius 3 is 1.39 bits per heavy atom. The molecule has 0 bridgehead atoms. The maximum Gasteiger partial charge on any atom is 0.269 e. The lowest BCUT2D eigenvalue weighted by atomic mass is 9.34. The van der Waals surface area contributed by atoms with E-state index >= 15 is 0 Å². The molecule has 0 aliphatic heterocycles. The monoisotopic (exact) mass is 488 g/mol. The van der Waals surface area contributed by atoms with Gasteiger partial charge in [0, 0.05) is 42.9 Å². The van der Waals surface area contributed by atoms with Crippen LogP contribution in [0, 0.1) is 30.3 Å². The van der Waals surface area contributed by atoms with E-state index < -0.39 is 21.5 Å². The number of benzene rings is 3. The maximum atomic E-state index is 11.2. The molecule has 0 N–H and O–H groups in total. The summed E-state index contributed by atoms with van der Waals surface area (Å²) in [6, 6.07) is 18.7. The van der Waals surface area contributed by atoms with E-state index in [1.807, 2.05) is 25.9 Å². The van der Waals surface area contributed by atoms with Gasteiger partial charge in [-0.2, -0.15) is 0 Å². The SMILES string of the molecule is C/C(CCN(C)C)=C(/B(c1ccc([N+](=O)[O-])cc1)c1ccc([N+](=O)[O-])cc1)c1ccc([N+](=O)[O-])cc1. The summed E-state index contributed by atoms with van der Waals surface area (Å²) in [5.41, 5.74) is 4.05. The molecule has 0 saturated heterocycles. The first-order valence-electron chi connectivity index (χ1n) is 11.2. The van der Waals surface area contributed by atoms with Crippen LogP contribution in [0.2, 0.25) is 0 Å². The van der Waals surface area contributed by atoms with Gasteiger partial charge in [0.2, 0.25) is 6.71 Å². The van der Waals surface area contributed by atoms with Crippen LogP contribution >= 0.6 is 0 Å². The average molecular weight is 488 g/mol. The molecule has 0 amide bonds. The van der Waals surface area contributed by atoms with Gasteiger partial charge < -0.3 is 4.90 Å². The van der Waals surface area contributed by atoms with Gasteiger partial charge in [0.25, 0.3) is 17.1 Å². The van der Waals surface area contributed by atoms with E-state index in [2.05, 4.69) is 0 Å². The molecule has 3 aromatic rings. The molecule has 184 valence electrons. The van der Waals surface area contributed by atoms with E-state index in [1.165, 1.54) is 36.4 Å². The van der Waals surface area contributed by atoms with Gasteiger partial charge in [-0.25, -0.2) is 0 Å². The van der Waals surface area contributed by atoms with Gasteiger partial charge >= 0.3 is 0 Å². The first-order valence-corrected chi connectivity index (χ1v) is 11.2. The number of nitro groups is 3. The van der Waals surface area contributed by atoms with Gasteiger partial charge in [0.1, 0.15) is 0 Å². The van der Waals surface area contributed by atoms with Crippen LogP contribution in [0.4, 0.5) is 17.1 Å². The van der Waals surface area contributed by atoms with E-state index in [0.29, 0.717) is 6.42 Å². The fourth-order valence-corrected chi connectivity index (χ4v) is 4.05. The molecule has 11 heteroatoms. The van der Waals surface area contributed by atoms with Crippen LogP contribution in [0.15, 0.2) is 78.4 Å². The highest BCUT2D eigenvalue weighted by molar-refractivity contribution is 6.99. The Labute approximate surface area is 208 Å². The van der Waals surface area contributed by atoms with Crippen LogP contribution in [0.5, 0.6) is 0 Å². The topological polar surface area (TPSA) is 133 Å². The van der Waals surface area contributed by atoms with Crippen molar-refractivity contribution in [2.75, 3.05) is 20.6 Å². The first-order chi connectivity index (χ1) is 17.1. The van der Waals surface area contributed by atoms with Crippen molar-refractivity contribution >= 4 is 40.2 Å². The molecule has 0 heterocycles. The van der Waals surface area contributed by atoms with Crippen molar-refractivity contribution in [3.8, 4) is 0 Å².